The Morgan fingerprint density at radius 3 is 2.57 bits per heavy atom. The van der Waals surface area contributed by atoms with Gasteiger partial charge in [0.2, 0.25) is 6.29 Å². The molecule has 0 radical (unpaired) electrons. The number of esters is 1. The molecule has 156 valence electrons. The highest BCUT2D eigenvalue weighted by Crippen LogP contribution is 2.27. The first-order chi connectivity index (χ1) is 14.5. The number of hydrogen-bond acceptors (Lipinski definition) is 7. The molecule has 1 fully saturated rings. The lowest BCUT2D eigenvalue weighted by molar-refractivity contribution is -0.0927. The molecule has 2 N–H and O–H groups in total. The Balaban J connectivity index is 1.50. The van der Waals surface area contributed by atoms with E-state index in [-0.39, 0.29) is 29.3 Å². The third-order valence-electron chi connectivity index (χ3n) is 5.31. The molecular weight excluding hydrogens is 388 g/mol. The van der Waals surface area contributed by atoms with E-state index in [1.807, 2.05) is 18.2 Å². The van der Waals surface area contributed by atoms with Crippen molar-refractivity contribution in [3.8, 4) is 0 Å². The van der Waals surface area contributed by atoms with Gasteiger partial charge in [0.1, 0.15) is 0 Å². The summed E-state index contributed by atoms with van der Waals surface area (Å²) in [5, 5.41) is 12.7. The first-order valence-corrected chi connectivity index (χ1v) is 9.68. The highest BCUT2D eigenvalue weighted by Gasteiger charge is 2.38. The number of rotatable bonds is 6. The second kappa shape index (κ2) is 8.35. The molecule has 2 aromatic rings. The van der Waals surface area contributed by atoms with Crippen molar-refractivity contribution in [3.63, 3.8) is 0 Å². The minimum absolute atomic E-state index is 0.153. The van der Waals surface area contributed by atoms with Crippen molar-refractivity contribution >= 4 is 17.8 Å². The van der Waals surface area contributed by atoms with Crippen LogP contribution in [0.3, 0.4) is 0 Å². The van der Waals surface area contributed by atoms with E-state index in [9.17, 15) is 19.5 Å². The summed E-state index contributed by atoms with van der Waals surface area (Å²) in [4.78, 5) is 39.2. The van der Waals surface area contributed by atoms with Crippen molar-refractivity contribution in [2.45, 2.75) is 24.9 Å². The molecule has 0 saturated carbocycles. The minimum Gasteiger partial charge on any atom is -0.428 e. The van der Waals surface area contributed by atoms with E-state index >= 15 is 0 Å². The predicted molar refractivity (Wildman–Crippen MR) is 106 cm³/mol. The van der Waals surface area contributed by atoms with Gasteiger partial charge in [-0.1, -0.05) is 30.3 Å². The summed E-state index contributed by atoms with van der Waals surface area (Å²) in [6.45, 7) is 0.606. The molecule has 3 unspecified atom stereocenters. The summed E-state index contributed by atoms with van der Waals surface area (Å²) >= 11 is 0. The molecule has 0 bridgehead atoms. The minimum atomic E-state index is -0.888. The number of amides is 2. The Bertz CT molecular complexity index is 977. The molecule has 8 nitrogen and oxygen atoms in total. The van der Waals surface area contributed by atoms with Crippen LogP contribution in [0.15, 0.2) is 48.5 Å². The van der Waals surface area contributed by atoms with Gasteiger partial charge in [-0.3, -0.25) is 14.5 Å². The molecule has 30 heavy (non-hydrogen) atoms. The summed E-state index contributed by atoms with van der Waals surface area (Å²) in [6, 6.07) is 13.2. The van der Waals surface area contributed by atoms with Crippen molar-refractivity contribution in [3.05, 3.63) is 70.8 Å². The number of nitrogens with zero attached hydrogens (tertiary/aromatic N) is 1. The average molecular weight is 410 g/mol. The number of nitrogens with one attached hydrogen (secondary N) is 1. The number of carbonyl (C=O) groups excluding carboxylic acids is 3. The zero-order chi connectivity index (χ0) is 21.3. The zero-order valence-corrected chi connectivity index (χ0v) is 16.4. The number of ether oxygens (including phenoxy) is 2. The van der Waals surface area contributed by atoms with Gasteiger partial charge in [-0.2, -0.15) is 0 Å². The summed E-state index contributed by atoms with van der Waals surface area (Å²) in [7, 11) is 1.43. The van der Waals surface area contributed by atoms with E-state index in [1.165, 1.54) is 25.3 Å². The summed E-state index contributed by atoms with van der Waals surface area (Å²) in [6.07, 6.45) is -0.895. The Labute approximate surface area is 173 Å². The van der Waals surface area contributed by atoms with E-state index in [0.29, 0.717) is 18.5 Å². The van der Waals surface area contributed by atoms with Crippen LogP contribution in [-0.2, 0) is 9.47 Å². The van der Waals surface area contributed by atoms with Crippen LogP contribution in [0.25, 0.3) is 0 Å². The van der Waals surface area contributed by atoms with Crippen molar-refractivity contribution in [1.82, 2.24) is 10.2 Å². The maximum Gasteiger partial charge on any atom is 0.340 e. The van der Waals surface area contributed by atoms with Gasteiger partial charge in [0.05, 0.1) is 22.8 Å². The fourth-order valence-corrected chi connectivity index (χ4v) is 3.77. The van der Waals surface area contributed by atoms with E-state index < -0.39 is 30.2 Å². The first kappa shape index (κ1) is 20.2. The highest BCUT2D eigenvalue weighted by atomic mass is 16.7. The normalized spacial score (nSPS) is 21.6. The van der Waals surface area contributed by atoms with Crippen LogP contribution in [0.4, 0.5) is 0 Å². The number of fused-ring (bicyclic) bond motifs is 1. The molecular formula is C22H22N2O6. The SMILES string of the molecule is COC(OC(=O)c1ccc2c(c1)C(=O)N(CC1CC(O)CN1)C2=O)c1ccccc1. The number of β-amino-alcohol motifs (C(OH)–C–C–N with tert-alkyl or cyclic N) is 1. The average Bonchev–Trinajstić information content (AvgIpc) is 3.28. The third-order valence-corrected chi connectivity index (χ3v) is 5.31. The quantitative estimate of drug-likeness (QED) is 0.422. The number of carbonyl (C=O) groups is 3. The molecule has 0 aromatic heterocycles. The van der Waals surface area contributed by atoms with Crippen molar-refractivity contribution in [1.29, 1.82) is 0 Å². The Morgan fingerprint density at radius 2 is 1.90 bits per heavy atom. The second-order valence-corrected chi connectivity index (χ2v) is 7.36. The number of benzene rings is 2. The van der Waals surface area contributed by atoms with Gasteiger partial charge < -0.3 is 19.9 Å². The van der Waals surface area contributed by atoms with Crippen LogP contribution in [0.1, 0.15) is 49.3 Å². The molecule has 2 aliphatic heterocycles. The van der Waals surface area contributed by atoms with Crippen LogP contribution in [-0.4, -0.2) is 60.1 Å². The fraction of sp³-hybridized carbons (Fsp3) is 0.318. The molecule has 4 rings (SSSR count). The number of imide groups is 1. The lowest BCUT2D eigenvalue weighted by Crippen LogP contribution is -2.40. The molecule has 8 heteroatoms. The molecule has 0 spiro atoms. The monoisotopic (exact) mass is 410 g/mol. The van der Waals surface area contributed by atoms with Crippen molar-refractivity contribution in [2.24, 2.45) is 0 Å². The lowest BCUT2D eigenvalue weighted by Gasteiger charge is -2.18. The van der Waals surface area contributed by atoms with Crippen LogP contribution in [0.2, 0.25) is 0 Å². The van der Waals surface area contributed by atoms with E-state index in [1.54, 1.807) is 12.1 Å². The smallest absolute Gasteiger partial charge is 0.340 e. The topological polar surface area (TPSA) is 105 Å². The summed E-state index contributed by atoms with van der Waals surface area (Å²) in [5.74, 6) is -1.52. The number of hydrogen-bond donors (Lipinski definition) is 2. The van der Waals surface area contributed by atoms with E-state index in [0.717, 1.165) is 4.90 Å². The van der Waals surface area contributed by atoms with Gasteiger partial charge in [-0.15, -0.1) is 0 Å². The molecule has 2 aromatic carbocycles. The van der Waals surface area contributed by atoms with Crippen LogP contribution in [0.5, 0.6) is 0 Å². The summed E-state index contributed by atoms with van der Waals surface area (Å²) in [5.41, 5.74) is 1.26. The molecule has 2 amide bonds. The van der Waals surface area contributed by atoms with E-state index in [4.69, 9.17) is 9.47 Å². The van der Waals surface area contributed by atoms with Gasteiger partial charge >= 0.3 is 5.97 Å². The lowest BCUT2D eigenvalue weighted by atomic mass is 10.1. The van der Waals surface area contributed by atoms with Crippen LogP contribution in [0, 0.1) is 0 Å². The molecule has 1 saturated heterocycles. The number of aliphatic hydroxyl groups excluding tert-OH is 1. The number of aliphatic hydroxyl groups is 1. The van der Waals surface area contributed by atoms with Gasteiger partial charge in [0, 0.05) is 31.8 Å². The van der Waals surface area contributed by atoms with Crippen LogP contribution >= 0.6 is 0 Å². The summed E-state index contributed by atoms with van der Waals surface area (Å²) < 4.78 is 10.7. The predicted octanol–water partition coefficient (Wildman–Crippen LogP) is 1.51. The second-order valence-electron chi connectivity index (χ2n) is 7.36. The largest absolute Gasteiger partial charge is 0.428 e. The standard InChI is InChI=1S/C22H22N2O6/c1-29-22(13-5-3-2-4-6-13)30-21(28)14-7-8-17-18(9-14)20(27)24(19(17)26)12-15-10-16(25)11-23-15/h2-9,15-16,22-23,25H,10-12H2,1H3. The molecule has 2 heterocycles. The fourth-order valence-electron chi connectivity index (χ4n) is 3.77. The molecule has 3 atom stereocenters. The number of methoxy groups -OCH3 is 1. The Kier molecular flexibility index (Phi) is 5.63. The van der Waals surface area contributed by atoms with Crippen molar-refractivity contribution < 1.29 is 29.0 Å². The van der Waals surface area contributed by atoms with Gasteiger partial charge in [-0.25, -0.2) is 4.79 Å². The van der Waals surface area contributed by atoms with Gasteiger partial charge in [0.25, 0.3) is 11.8 Å². The zero-order valence-electron chi connectivity index (χ0n) is 16.4. The van der Waals surface area contributed by atoms with Crippen molar-refractivity contribution in [2.75, 3.05) is 20.2 Å². The first-order valence-electron chi connectivity index (χ1n) is 9.68. The Morgan fingerprint density at radius 1 is 1.17 bits per heavy atom. The maximum atomic E-state index is 12.8. The van der Waals surface area contributed by atoms with E-state index in [2.05, 4.69) is 5.32 Å². The highest BCUT2D eigenvalue weighted by molar-refractivity contribution is 6.22. The third kappa shape index (κ3) is 3.85. The van der Waals surface area contributed by atoms with Crippen LogP contribution < -0.4 is 5.32 Å². The maximum absolute atomic E-state index is 12.8. The van der Waals surface area contributed by atoms with Gasteiger partial charge in [-0.05, 0) is 24.6 Å². The molecule has 2 aliphatic rings. The van der Waals surface area contributed by atoms with Gasteiger partial charge in [0.15, 0.2) is 0 Å². The Hall–Kier alpha value is -3.07. The molecule has 0 aliphatic carbocycles.